The van der Waals surface area contributed by atoms with Crippen molar-refractivity contribution in [2.45, 2.75) is 26.8 Å². The van der Waals surface area contributed by atoms with Crippen LogP contribution >= 0.6 is 0 Å². The highest BCUT2D eigenvalue weighted by atomic mass is 19.1. The zero-order valence-electron chi connectivity index (χ0n) is 9.25. The Kier molecular flexibility index (Phi) is 3.83. The van der Waals surface area contributed by atoms with Crippen LogP contribution in [0.1, 0.15) is 32.4 Å². The summed E-state index contributed by atoms with van der Waals surface area (Å²) < 4.78 is 12.7. The zero-order valence-corrected chi connectivity index (χ0v) is 9.25. The summed E-state index contributed by atoms with van der Waals surface area (Å²) >= 11 is 0. The van der Waals surface area contributed by atoms with E-state index in [1.807, 2.05) is 20.8 Å². The predicted octanol–water partition coefficient (Wildman–Crippen LogP) is 2.66. The maximum atomic E-state index is 12.7. The topological polar surface area (TPSA) is 29.1 Å². The summed E-state index contributed by atoms with van der Waals surface area (Å²) in [6.07, 6.45) is 0. The number of benzene rings is 1. The number of rotatable bonds is 3. The molecule has 0 spiro atoms. The highest BCUT2D eigenvalue weighted by Gasteiger charge is 2.11. The molecular weight excluding hydrogens is 193 g/mol. The minimum Gasteiger partial charge on any atom is -0.349 e. The van der Waals surface area contributed by atoms with Crippen LogP contribution < -0.4 is 5.32 Å². The number of halogens is 1. The number of hydrogen-bond acceptors (Lipinski definition) is 1. The summed E-state index contributed by atoms with van der Waals surface area (Å²) in [7, 11) is 0. The highest BCUT2D eigenvalue weighted by molar-refractivity contribution is 5.78. The summed E-state index contributed by atoms with van der Waals surface area (Å²) in [6.45, 7) is 5.56. The van der Waals surface area contributed by atoms with Crippen molar-refractivity contribution >= 4 is 5.91 Å². The third kappa shape index (κ3) is 3.35. The zero-order chi connectivity index (χ0) is 11.4. The number of nitrogens with one attached hydrogen (secondary N) is 1. The molecule has 0 saturated heterocycles. The highest BCUT2D eigenvalue weighted by Crippen LogP contribution is 2.13. The Morgan fingerprint density at radius 2 is 1.73 bits per heavy atom. The van der Waals surface area contributed by atoms with Crippen molar-refractivity contribution in [3.8, 4) is 0 Å². The van der Waals surface area contributed by atoms with Gasteiger partial charge in [0.2, 0.25) is 5.91 Å². The van der Waals surface area contributed by atoms with Gasteiger partial charge in [-0.25, -0.2) is 4.39 Å². The van der Waals surface area contributed by atoms with Crippen LogP contribution in [0.3, 0.4) is 0 Å². The van der Waals surface area contributed by atoms with Gasteiger partial charge in [0.05, 0.1) is 6.04 Å². The quantitative estimate of drug-likeness (QED) is 0.814. The molecule has 0 unspecified atom stereocenters. The molecule has 1 amide bonds. The monoisotopic (exact) mass is 209 g/mol. The van der Waals surface area contributed by atoms with Crippen LogP contribution in [-0.2, 0) is 4.79 Å². The minimum atomic E-state index is -0.263. The lowest BCUT2D eigenvalue weighted by Crippen LogP contribution is -2.30. The van der Waals surface area contributed by atoms with Gasteiger partial charge in [-0.3, -0.25) is 4.79 Å². The molecule has 1 rings (SSSR count). The van der Waals surface area contributed by atoms with Crippen LogP contribution in [0.4, 0.5) is 4.39 Å². The summed E-state index contributed by atoms with van der Waals surface area (Å²) in [5.41, 5.74) is 0.908. The Morgan fingerprint density at radius 3 is 2.20 bits per heavy atom. The van der Waals surface area contributed by atoms with E-state index < -0.39 is 0 Å². The molecule has 0 aliphatic heterocycles. The molecule has 0 radical (unpaired) electrons. The number of carbonyl (C=O) groups excluding carboxylic acids is 1. The Bertz CT molecular complexity index is 332. The van der Waals surface area contributed by atoms with Gasteiger partial charge < -0.3 is 5.32 Å². The molecule has 3 heteroatoms. The third-order valence-electron chi connectivity index (χ3n) is 2.25. The fourth-order valence-corrected chi connectivity index (χ4v) is 1.21. The largest absolute Gasteiger partial charge is 0.349 e. The molecule has 1 N–H and O–H groups in total. The van der Waals surface area contributed by atoms with Gasteiger partial charge in [0.15, 0.2) is 0 Å². The van der Waals surface area contributed by atoms with E-state index >= 15 is 0 Å². The lowest BCUT2D eigenvalue weighted by Gasteiger charge is -2.15. The molecule has 82 valence electrons. The average molecular weight is 209 g/mol. The lowest BCUT2D eigenvalue weighted by molar-refractivity contribution is -0.124. The van der Waals surface area contributed by atoms with Crippen LogP contribution in [0, 0.1) is 11.7 Å². The number of amides is 1. The average Bonchev–Trinajstić information content (AvgIpc) is 2.18. The van der Waals surface area contributed by atoms with Crippen LogP contribution in [-0.4, -0.2) is 5.91 Å². The molecule has 0 fully saturated rings. The normalized spacial score (nSPS) is 12.6. The van der Waals surface area contributed by atoms with E-state index in [4.69, 9.17) is 0 Å². The summed E-state index contributed by atoms with van der Waals surface area (Å²) in [4.78, 5) is 11.4. The van der Waals surface area contributed by atoms with Gasteiger partial charge in [-0.15, -0.1) is 0 Å². The first-order valence-electron chi connectivity index (χ1n) is 5.06. The van der Waals surface area contributed by atoms with Gasteiger partial charge in [-0.05, 0) is 24.6 Å². The molecule has 0 saturated carbocycles. The molecule has 0 aromatic heterocycles. The molecule has 0 aliphatic rings. The molecule has 0 bridgehead atoms. The van der Waals surface area contributed by atoms with Crippen LogP contribution in [0.25, 0.3) is 0 Å². The van der Waals surface area contributed by atoms with Crippen LogP contribution in [0.5, 0.6) is 0 Å². The Morgan fingerprint density at radius 1 is 1.20 bits per heavy atom. The summed E-state index contributed by atoms with van der Waals surface area (Å²) in [6, 6.07) is 6.07. The second kappa shape index (κ2) is 4.91. The Balaban J connectivity index is 2.65. The van der Waals surface area contributed by atoms with E-state index in [-0.39, 0.29) is 23.7 Å². The van der Waals surface area contributed by atoms with Gasteiger partial charge in [-0.2, -0.15) is 0 Å². The van der Waals surface area contributed by atoms with Gasteiger partial charge in [0.1, 0.15) is 5.82 Å². The molecule has 15 heavy (non-hydrogen) atoms. The maximum absolute atomic E-state index is 12.7. The maximum Gasteiger partial charge on any atom is 0.223 e. The lowest BCUT2D eigenvalue weighted by atomic mass is 10.1. The molecule has 0 heterocycles. The van der Waals surface area contributed by atoms with E-state index in [2.05, 4.69) is 5.32 Å². The predicted molar refractivity (Wildman–Crippen MR) is 57.8 cm³/mol. The Hall–Kier alpha value is -1.38. The molecule has 1 aromatic carbocycles. The SMILES string of the molecule is CC(C)C(=O)N[C@@H](C)c1ccc(F)cc1. The van der Waals surface area contributed by atoms with Gasteiger partial charge in [-0.1, -0.05) is 26.0 Å². The van der Waals surface area contributed by atoms with Crippen molar-refractivity contribution in [3.63, 3.8) is 0 Å². The van der Waals surface area contributed by atoms with Gasteiger partial charge in [0.25, 0.3) is 0 Å². The molecular formula is C12H16FNO. The number of carbonyl (C=O) groups is 1. The summed E-state index contributed by atoms with van der Waals surface area (Å²) in [5.74, 6) is -0.291. The van der Waals surface area contributed by atoms with Crippen LogP contribution in [0.2, 0.25) is 0 Å². The number of hydrogen-bond donors (Lipinski definition) is 1. The van der Waals surface area contributed by atoms with E-state index in [0.29, 0.717) is 0 Å². The van der Waals surface area contributed by atoms with E-state index in [1.165, 1.54) is 12.1 Å². The summed E-state index contributed by atoms with van der Waals surface area (Å²) in [5, 5.41) is 2.85. The van der Waals surface area contributed by atoms with E-state index in [9.17, 15) is 9.18 Å². The second-order valence-corrected chi connectivity index (χ2v) is 3.94. The first kappa shape index (κ1) is 11.7. The molecule has 1 atom stereocenters. The van der Waals surface area contributed by atoms with E-state index in [0.717, 1.165) is 5.56 Å². The van der Waals surface area contributed by atoms with Crippen molar-refractivity contribution in [2.24, 2.45) is 5.92 Å². The van der Waals surface area contributed by atoms with Crippen LogP contribution in [0.15, 0.2) is 24.3 Å². The van der Waals surface area contributed by atoms with E-state index in [1.54, 1.807) is 12.1 Å². The standard InChI is InChI=1S/C12H16FNO/c1-8(2)12(15)14-9(3)10-4-6-11(13)7-5-10/h4-9H,1-3H3,(H,14,15)/t9-/m0/s1. The fourth-order valence-electron chi connectivity index (χ4n) is 1.21. The Labute approximate surface area is 89.5 Å². The second-order valence-electron chi connectivity index (χ2n) is 3.94. The van der Waals surface area contributed by atoms with Gasteiger partial charge >= 0.3 is 0 Å². The molecule has 1 aromatic rings. The van der Waals surface area contributed by atoms with Crippen molar-refractivity contribution in [3.05, 3.63) is 35.6 Å². The first-order valence-corrected chi connectivity index (χ1v) is 5.06. The van der Waals surface area contributed by atoms with Crippen molar-refractivity contribution in [2.75, 3.05) is 0 Å². The van der Waals surface area contributed by atoms with Crippen molar-refractivity contribution in [1.29, 1.82) is 0 Å². The molecule has 0 aliphatic carbocycles. The van der Waals surface area contributed by atoms with Gasteiger partial charge in [0, 0.05) is 5.92 Å². The smallest absolute Gasteiger partial charge is 0.223 e. The van der Waals surface area contributed by atoms with Crippen molar-refractivity contribution in [1.82, 2.24) is 5.32 Å². The van der Waals surface area contributed by atoms with Crippen molar-refractivity contribution < 1.29 is 9.18 Å². The first-order chi connectivity index (χ1) is 7.00. The fraction of sp³-hybridized carbons (Fsp3) is 0.417. The molecule has 2 nitrogen and oxygen atoms in total. The third-order valence-corrected chi connectivity index (χ3v) is 2.25. The minimum absolute atomic E-state index is 0.00632.